The Balaban J connectivity index is 1.46. The smallest absolute Gasteiger partial charge is 0.224 e. The summed E-state index contributed by atoms with van der Waals surface area (Å²) in [5.74, 6) is 0.777. The van der Waals surface area contributed by atoms with E-state index in [4.69, 9.17) is 0 Å². The lowest BCUT2D eigenvalue weighted by atomic mass is 10.1. The Bertz CT molecular complexity index is 602. The quantitative estimate of drug-likeness (QED) is 0.850. The second-order valence-electron chi connectivity index (χ2n) is 5.80. The maximum absolute atomic E-state index is 12.0. The summed E-state index contributed by atoms with van der Waals surface area (Å²) in [4.78, 5) is 12.0. The van der Waals surface area contributed by atoms with E-state index in [-0.39, 0.29) is 5.91 Å². The highest BCUT2D eigenvalue weighted by molar-refractivity contribution is 5.78. The van der Waals surface area contributed by atoms with E-state index in [0.29, 0.717) is 12.3 Å². The van der Waals surface area contributed by atoms with Gasteiger partial charge in [-0.15, -0.1) is 0 Å². The highest BCUT2D eigenvalue weighted by Gasteiger charge is 2.14. The van der Waals surface area contributed by atoms with Gasteiger partial charge in [-0.3, -0.25) is 4.79 Å². The molecule has 22 heavy (non-hydrogen) atoms. The lowest BCUT2D eigenvalue weighted by Crippen LogP contribution is -2.27. The van der Waals surface area contributed by atoms with E-state index in [1.807, 2.05) is 36.5 Å². The molecular formula is C17H22N4O. The second kappa shape index (κ2) is 7.22. The van der Waals surface area contributed by atoms with E-state index in [2.05, 4.69) is 15.7 Å². The van der Waals surface area contributed by atoms with Crippen LogP contribution < -0.4 is 10.6 Å². The molecule has 0 aliphatic carbocycles. The van der Waals surface area contributed by atoms with Gasteiger partial charge < -0.3 is 10.6 Å². The summed E-state index contributed by atoms with van der Waals surface area (Å²) in [6.07, 6.45) is 6.33. The van der Waals surface area contributed by atoms with Gasteiger partial charge in [0.05, 0.1) is 18.3 Å². The predicted octanol–water partition coefficient (Wildman–Crippen LogP) is 1.53. The van der Waals surface area contributed by atoms with Crippen LogP contribution in [-0.4, -0.2) is 35.3 Å². The SMILES string of the molecule is O=C(Cc1cnn(-c2ccccc2)c1)NCCC1CCNC1. The van der Waals surface area contributed by atoms with Gasteiger partial charge in [0.15, 0.2) is 0 Å². The number of amides is 1. The molecule has 1 aromatic carbocycles. The molecule has 2 N–H and O–H groups in total. The largest absolute Gasteiger partial charge is 0.356 e. The molecule has 1 saturated heterocycles. The average Bonchev–Trinajstić information content (AvgIpc) is 3.20. The molecule has 116 valence electrons. The number of carbonyl (C=O) groups is 1. The van der Waals surface area contributed by atoms with E-state index in [9.17, 15) is 4.79 Å². The van der Waals surface area contributed by atoms with Gasteiger partial charge in [0.2, 0.25) is 5.91 Å². The Hall–Kier alpha value is -2.14. The molecule has 5 heteroatoms. The number of hydrogen-bond acceptors (Lipinski definition) is 3. The van der Waals surface area contributed by atoms with Crippen molar-refractivity contribution in [2.75, 3.05) is 19.6 Å². The van der Waals surface area contributed by atoms with Crippen molar-refractivity contribution in [1.82, 2.24) is 20.4 Å². The minimum atomic E-state index is 0.0681. The van der Waals surface area contributed by atoms with E-state index < -0.39 is 0 Å². The molecule has 3 rings (SSSR count). The lowest BCUT2D eigenvalue weighted by molar-refractivity contribution is -0.120. The van der Waals surface area contributed by atoms with Gasteiger partial charge in [-0.2, -0.15) is 5.10 Å². The van der Waals surface area contributed by atoms with Crippen molar-refractivity contribution >= 4 is 5.91 Å². The monoisotopic (exact) mass is 298 g/mol. The molecule has 0 radical (unpaired) electrons. The molecule has 1 aliphatic heterocycles. The third-order valence-corrected chi connectivity index (χ3v) is 4.06. The number of nitrogens with zero attached hydrogens (tertiary/aromatic N) is 2. The maximum atomic E-state index is 12.0. The Morgan fingerprint density at radius 2 is 2.23 bits per heavy atom. The number of benzene rings is 1. The van der Waals surface area contributed by atoms with Crippen molar-refractivity contribution in [2.24, 2.45) is 5.92 Å². The zero-order valence-electron chi connectivity index (χ0n) is 12.7. The zero-order valence-corrected chi connectivity index (χ0v) is 12.7. The molecule has 1 unspecified atom stereocenters. The van der Waals surface area contributed by atoms with Crippen LogP contribution in [0.25, 0.3) is 5.69 Å². The highest BCUT2D eigenvalue weighted by atomic mass is 16.1. The van der Waals surface area contributed by atoms with Crippen molar-refractivity contribution in [2.45, 2.75) is 19.3 Å². The number of carbonyl (C=O) groups excluding carboxylic acids is 1. The van der Waals surface area contributed by atoms with Crippen LogP contribution in [0.15, 0.2) is 42.7 Å². The standard InChI is InChI=1S/C17H22N4O/c22-17(19-9-7-14-6-8-18-11-14)10-15-12-20-21(13-15)16-4-2-1-3-5-16/h1-5,12-14,18H,6-11H2,(H,19,22). The number of rotatable bonds is 6. The average molecular weight is 298 g/mol. The summed E-state index contributed by atoms with van der Waals surface area (Å²) in [6.45, 7) is 2.95. The first-order valence-electron chi connectivity index (χ1n) is 7.87. The molecule has 0 spiro atoms. The van der Waals surface area contributed by atoms with Crippen molar-refractivity contribution in [3.8, 4) is 5.69 Å². The Morgan fingerprint density at radius 3 is 3.00 bits per heavy atom. The van der Waals surface area contributed by atoms with Crippen LogP contribution in [0.5, 0.6) is 0 Å². The van der Waals surface area contributed by atoms with Gasteiger partial charge in [0.1, 0.15) is 0 Å². The molecular weight excluding hydrogens is 276 g/mol. The van der Waals surface area contributed by atoms with Crippen LogP contribution in [0.4, 0.5) is 0 Å². The first-order valence-corrected chi connectivity index (χ1v) is 7.87. The lowest BCUT2D eigenvalue weighted by Gasteiger charge is -2.08. The van der Waals surface area contributed by atoms with E-state index in [1.54, 1.807) is 10.9 Å². The molecule has 1 fully saturated rings. The fourth-order valence-electron chi connectivity index (χ4n) is 2.80. The van der Waals surface area contributed by atoms with Crippen molar-refractivity contribution in [3.05, 3.63) is 48.3 Å². The predicted molar refractivity (Wildman–Crippen MR) is 85.9 cm³/mol. The Morgan fingerprint density at radius 1 is 1.36 bits per heavy atom. The summed E-state index contributed by atoms with van der Waals surface area (Å²) in [5.41, 5.74) is 1.94. The molecule has 0 saturated carbocycles. The summed E-state index contributed by atoms with van der Waals surface area (Å²) in [5, 5.41) is 10.7. The van der Waals surface area contributed by atoms with Gasteiger partial charge in [0, 0.05) is 12.7 Å². The Labute approximate surface area is 130 Å². The minimum Gasteiger partial charge on any atom is -0.356 e. The Kier molecular flexibility index (Phi) is 4.85. The third kappa shape index (κ3) is 3.95. The number of hydrogen-bond donors (Lipinski definition) is 2. The van der Waals surface area contributed by atoms with Crippen LogP contribution in [-0.2, 0) is 11.2 Å². The maximum Gasteiger partial charge on any atom is 0.224 e. The van der Waals surface area contributed by atoms with Gasteiger partial charge in [-0.25, -0.2) is 4.68 Å². The molecule has 5 nitrogen and oxygen atoms in total. The summed E-state index contributed by atoms with van der Waals surface area (Å²) in [6, 6.07) is 9.91. The first-order chi connectivity index (χ1) is 10.8. The highest BCUT2D eigenvalue weighted by Crippen LogP contribution is 2.11. The van der Waals surface area contributed by atoms with Crippen LogP contribution in [0.3, 0.4) is 0 Å². The molecule has 2 heterocycles. The van der Waals surface area contributed by atoms with Crippen LogP contribution in [0, 0.1) is 5.92 Å². The van der Waals surface area contributed by atoms with Crippen molar-refractivity contribution in [1.29, 1.82) is 0 Å². The fourth-order valence-corrected chi connectivity index (χ4v) is 2.80. The number of para-hydroxylation sites is 1. The number of nitrogens with one attached hydrogen (secondary N) is 2. The number of aromatic nitrogens is 2. The topological polar surface area (TPSA) is 59.0 Å². The summed E-state index contributed by atoms with van der Waals surface area (Å²) in [7, 11) is 0. The van der Waals surface area contributed by atoms with Gasteiger partial charge >= 0.3 is 0 Å². The summed E-state index contributed by atoms with van der Waals surface area (Å²) < 4.78 is 1.80. The molecule has 1 aromatic heterocycles. The van der Waals surface area contributed by atoms with Crippen molar-refractivity contribution < 1.29 is 4.79 Å². The fraction of sp³-hybridized carbons (Fsp3) is 0.412. The second-order valence-corrected chi connectivity index (χ2v) is 5.80. The van der Waals surface area contributed by atoms with Crippen LogP contribution in [0.1, 0.15) is 18.4 Å². The molecule has 1 aliphatic rings. The minimum absolute atomic E-state index is 0.0681. The van der Waals surface area contributed by atoms with E-state index >= 15 is 0 Å². The first kappa shape index (κ1) is 14.8. The molecule has 1 amide bonds. The van der Waals surface area contributed by atoms with Crippen LogP contribution >= 0.6 is 0 Å². The van der Waals surface area contributed by atoms with Gasteiger partial charge in [0.25, 0.3) is 0 Å². The van der Waals surface area contributed by atoms with Crippen molar-refractivity contribution in [3.63, 3.8) is 0 Å². The van der Waals surface area contributed by atoms with E-state index in [1.165, 1.54) is 6.42 Å². The van der Waals surface area contributed by atoms with E-state index in [0.717, 1.165) is 37.3 Å². The van der Waals surface area contributed by atoms with Gasteiger partial charge in [-0.1, -0.05) is 18.2 Å². The zero-order chi connectivity index (χ0) is 15.2. The molecule has 2 aromatic rings. The molecule has 1 atom stereocenters. The third-order valence-electron chi connectivity index (χ3n) is 4.06. The normalized spacial score (nSPS) is 17.5. The summed E-state index contributed by atoms with van der Waals surface area (Å²) >= 11 is 0. The molecule has 0 bridgehead atoms. The van der Waals surface area contributed by atoms with Crippen LogP contribution in [0.2, 0.25) is 0 Å². The van der Waals surface area contributed by atoms with Gasteiger partial charge in [-0.05, 0) is 49.5 Å².